The second-order valence-electron chi connectivity index (χ2n) is 13.0. The van der Waals surface area contributed by atoms with Crippen LogP contribution in [0, 0.1) is 0 Å². The van der Waals surface area contributed by atoms with E-state index in [0.717, 1.165) is 94.7 Å². The molecule has 1 aliphatic carbocycles. The normalized spacial score (nSPS) is 15.6. The van der Waals surface area contributed by atoms with Gasteiger partial charge < -0.3 is 24.3 Å². The molecule has 0 saturated carbocycles. The third-order valence-electron chi connectivity index (χ3n) is 9.73. The van der Waals surface area contributed by atoms with Crippen molar-refractivity contribution in [3.8, 4) is 17.1 Å². The van der Waals surface area contributed by atoms with Gasteiger partial charge in [-0.1, -0.05) is 48.5 Å². The molecule has 1 aliphatic heterocycles. The van der Waals surface area contributed by atoms with Crippen LogP contribution in [0.3, 0.4) is 0 Å². The smallest absolute Gasteiger partial charge is 0.193 e. The molecule has 1 saturated heterocycles. The Balaban J connectivity index is 0.794. The Kier molecular flexibility index (Phi) is 10.1. The van der Waals surface area contributed by atoms with Crippen molar-refractivity contribution in [2.24, 2.45) is 0 Å². The number of benzene rings is 3. The molecule has 47 heavy (non-hydrogen) atoms. The van der Waals surface area contributed by atoms with Gasteiger partial charge in [0.1, 0.15) is 17.1 Å². The molecule has 0 bridgehead atoms. The van der Waals surface area contributed by atoms with Crippen molar-refractivity contribution >= 4 is 27.6 Å². The zero-order chi connectivity index (χ0) is 31.8. The van der Waals surface area contributed by atoms with Crippen LogP contribution in [0.4, 0.5) is 5.69 Å². The molecule has 7 nitrogen and oxygen atoms in total. The van der Waals surface area contributed by atoms with Crippen molar-refractivity contribution in [3.63, 3.8) is 0 Å². The van der Waals surface area contributed by atoms with Crippen LogP contribution in [0.25, 0.3) is 33.2 Å². The van der Waals surface area contributed by atoms with E-state index in [0.29, 0.717) is 23.3 Å². The van der Waals surface area contributed by atoms with Crippen LogP contribution in [0.1, 0.15) is 49.8 Å². The zero-order valence-electron chi connectivity index (χ0n) is 27.4. The average molecular weight is 631 g/mol. The Morgan fingerprint density at radius 3 is 2.38 bits per heavy atom. The maximum atomic E-state index is 12.6. The number of para-hydroxylation sites is 1. The summed E-state index contributed by atoms with van der Waals surface area (Å²) in [5.74, 6) is 1.32. The maximum Gasteiger partial charge on any atom is 0.193 e. The molecule has 0 spiro atoms. The number of aryl methyl sites for hydroxylation is 1. The number of hydrogen-bond donors (Lipinski definition) is 1. The molecule has 0 amide bonds. The molecule has 0 unspecified atom stereocenters. The first-order valence-corrected chi connectivity index (χ1v) is 17.6. The van der Waals surface area contributed by atoms with Crippen molar-refractivity contribution in [1.29, 1.82) is 0 Å². The van der Waals surface area contributed by atoms with Gasteiger partial charge in [-0.25, -0.2) is 0 Å². The third kappa shape index (κ3) is 7.69. The van der Waals surface area contributed by atoms with E-state index in [9.17, 15) is 4.79 Å². The van der Waals surface area contributed by atoms with E-state index in [1.165, 1.54) is 41.6 Å². The molecule has 2 aromatic heterocycles. The van der Waals surface area contributed by atoms with E-state index in [1.807, 2.05) is 42.5 Å². The summed E-state index contributed by atoms with van der Waals surface area (Å²) >= 11 is 0. The summed E-state index contributed by atoms with van der Waals surface area (Å²) in [6, 6.07) is 25.4. The third-order valence-corrected chi connectivity index (χ3v) is 9.73. The molecule has 1 fully saturated rings. The lowest BCUT2D eigenvalue weighted by atomic mass is 9.92. The minimum atomic E-state index is -0.0396. The van der Waals surface area contributed by atoms with Crippen LogP contribution in [-0.2, 0) is 12.8 Å². The van der Waals surface area contributed by atoms with E-state index in [1.54, 1.807) is 12.1 Å². The van der Waals surface area contributed by atoms with E-state index < -0.39 is 0 Å². The highest BCUT2D eigenvalue weighted by atomic mass is 16.5. The quantitative estimate of drug-likeness (QED) is 0.135. The van der Waals surface area contributed by atoms with Crippen molar-refractivity contribution in [1.82, 2.24) is 14.8 Å². The molecule has 3 heterocycles. The van der Waals surface area contributed by atoms with E-state index in [4.69, 9.17) is 14.1 Å². The van der Waals surface area contributed by atoms with Crippen molar-refractivity contribution in [2.45, 2.75) is 51.4 Å². The van der Waals surface area contributed by atoms with Gasteiger partial charge >= 0.3 is 0 Å². The molecule has 2 aliphatic rings. The zero-order valence-corrected chi connectivity index (χ0v) is 27.4. The van der Waals surface area contributed by atoms with Gasteiger partial charge in [0.25, 0.3) is 0 Å². The van der Waals surface area contributed by atoms with Gasteiger partial charge in [0.15, 0.2) is 5.43 Å². The molecule has 5 aromatic rings. The lowest BCUT2D eigenvalue weighted by molar-refractivity contribution is 0.130. The molecule has 1 N–H and O–H groups in total. The van der Waals surface area contributed by atoms with E-state index in [2.05, 4.69) is 39.4 Å². The molecule has 7 heteroatoms. The number of fused-ring (bicyclic) bond motifs is 3. The molecule has 3 aromatic carbocycles. The Bertz CT molecular complexity index is 1850. The number of nitrogens with one attached hydrogen (secondary N) is 1. The number of anilines is 1. The summed E-state index contributed by atoms with van der Waals surface area (Å²) < 4.78 is 12.1. The summed E-state index contributed by atoms with van der Waals surface area (Å²) in [6.07, 6.45) is 9.26. The first kappa shape index (κ1) is 31.4. The van der Waals surface area contributed by atoms with Crippen LogP contribution in [0.2, 0.25) is 0 Å². The Morgan fingerprint density at radius 2 is 1.53 bits per heavy atom. The Morgan fingerprint density at radius 1 is 0.766 bits per heavy atom. The van der Waals surface area contributed by atoms with E-state index in [-0.39, 0.29) is 5.43 Å². The van der Waals surface area contributed by atoms with Gasteiger partial charge in [-0.2, -0.15) is 0 Å². The Hall–Kier alpha value is -4.20. The monoisotopic (exact) mass is 630 g/mol. The van der Waals surface area contributed by atoms with Gasteiger partial charge in [-0.3, -0.25) is 9.78 Å². The summed E-state index contributed by atoms with van der Waals surface area (Å²) in [5.41, 5.74) is 6.63. The Labute approximate surface area is 277 Å². The number of nitrogens with zero attached hydrogens (tertiary/aromatic N) is 3. The number of rotatable bonds is 13. The van der Waals surface area contributed by atoms with Gasteiger partial charge in [-0.05, 0) is 88.2 Å². The first-order chi connectivity index (χ1) is 23.2. The number of ether oxygens (including phenoxy) is 1. The standard InChI is InChI=1S/C40H46N4O3/c45-37-29-38(30-12-3-1-4-13-30)47-39-28-31(18-19-34(37)39)46-27-10-2-9-21-43-23-25-44(26-24-43)22-11-20-41-40-32-14-5-7-16-35(32)42-36-17-8-6-15-33(36)40/h1,3-5,7,12-14,16,18-19,28-29H,2,6,8-11,15,17,20-27H2,(H,41,42). The van der Waals surface area contributed by atoms with Crippen molar-refractivity contribution in [3.05, 3.63) is 100 Å². The minimum absolute atomic E-state index is 0.0396. The molecule has 7 rings (SSSR count). The lowest BCUT2D eigenvalue weighted by Crippen LogP contribution is -2.46. The molecular weight excluding hydrogens is 584 g/mol. The van der Waals surface area contributed by atoms with Gasteiger partial charge in [0.2, 0.25) is 0 Å². The fraction of sp³-hybridized carbons (Fsp3) is 0.400. The number of aromatic nitrogens is 1. The van der Waals surface area contributed by atoms with Crippen molar-refractivity contribution in [2.75, 3.05) is 57.7 Å². The molecule has 244 valence electrons. The predicted molar refractivity (Wildman–Crippen MR) is 192 cm³/mol. The lowest BCUT2D eigenvalue weighted by Gasteiger charge is -2.34. The highest BCUT2D eigenvalue weighted by Gasteiger charge is 2.19. The summed E-state index contributed by atoms with van der Waals surface area (Å²) in [5, 5.41) is 5.68. The minimum Gasteiger partial charge on any atom is -0.493 e. The van der Waals surface area contributed by atoms with Crippen molar-refractivity contribution < 1.29 is 9.15 Å². The van der Waals surface area contributed by atoms with Gasteiger partial charge in [0.05, 0.1) is 17.5 Å². The summed E-state index contributed by atoms with van der Waals surface area (Å²) in [6.45, 7) is 8.58. The fourth-order valence-electron chi connectivity index (χ4n) is 7.10. The largest absolute Gasteiger partial charge is 0.493 e. The predicted octanol–water partition coefficient (Wildman–Crippen LogP) is 7.56. The maximum absolute atomic E-state index is 12.6. The van der Waals surface area contributed by atoms with Gasteiger partial charge in [-0.15, -0.1) is 0 Å². The number of pyridine rings is 1. The molecule has 0 atom stereocenters. The van der Waals surface area contributed by atoms with Crippen LogP contribution in [0.5, 0.6) is 5.75 Å². The number of unbranched alkanes of at least 4 members (excludes halogenated alkanes) is 2. The highest BCUT2D eigenvalue weighted by Crippen LogP contribution is 2.33. The number of hydrogen-bond acceptors (Lipinski definition) is 7. The van der Waals surface area contributed by atoms with Crippen LogP contribution >= 0.6 is 0 Å². The summed E-state index contributed by atoms with van der Waals surface area (Å²) in [4.78, 5) is 22.9. The van der Waals surface area contributed by atoms with Crippen LogP contribution < -0.4 is 15.5 Å². The average Bonchev–Trinajstić information content (AvgIpc) is 3.12. The number of piperazine rings is 1. The van der Waals surface area contributed by atoms with Crippen LogP contribution in [-0.4, -0.2) is 67.2 Å². The second kappa shape index (κ2) is 15.1. The summed E-state index contributed by atoms with van der Waals surface area (Å²) in [7, 11) is 0. The highest BCUT2D eigenvalue weighted by molar-refractivity contribution is 5.93. The van der Waals surface area contributed by atoms with Gasteiger partial charge in [0, 0.05) is 67.2 Å². The topological polar surface area (TPSA) is 70.8 Å². The molecule has 0 radical (unpaired) electrons. The SMILES string of the molecule is O=c1cc(-c2ccccc2)oc2cc(OCCCCCN3CCN(CCCNc4c5c(nc6ccccc46)CCCC5)CC3)ccc12. The van der Waals surface area contributed by atoms with E-state index >= 15 is 0 Å². The fourth-order valence-corrected chi connectivity index (χ4v) is 7.10. The molecular formula is C40H46N4O3. The van der Waals surface area contributed by atoms with Crippen LogP contribution in [0.15, 0.2) is 88.1 Å². The first-order valence-electron chi connectivity index (χ1n) is 17.6. The second-order valence-corrected chi connectivity index (χ2v) is 13.0.